The molecule has 0 rings (SSSR count). The van der Waals surface area contributed by atoms with Crippen molar-refractivity contribution in [1.82, 2.24) is 0 Å². The summed E-state index contributed by atoms with van der Waals surface area (Å²) in [7, 11) is 0. The summed E-state index contributed by atoms with van der Waals surface area (Å²) in [6.07, 6.45) is 7.16. The van der Waals surface area contributed by atoms with Crippen LogP contribution in [-0.2, 0) is 4.79 Å². The highest BCUT2D eigenvalue weighted by Gasteiger charge is 2.01. The number of hydrogen-bond donors (Lipinski definition) is 1. The number of carboxylic acids is 1. The summed E-state index contributed by atoms with van der Waals surface area (Å²) in [5.41, 5.74) is 0.406. The van der Waals surface area contributed by atoms with E-state index in [-0.39, 0.29) is 0 Å². The summed E-state index contributed by atoms with van der Waals surface area (Å²) in [6, 6.07) is 0. The molecule has 0 saturated heterocycles. The van der Waals surface area contributed by atoms with Crippen molar-refractivity contribution in [2.24, 2.45) is 0 Å². The zero-order valence-electron chi connectivity index (χ0n) is 6.58. The normalized spacial score (nSPS) is 11.9. The second-order valence-electron chi connectivity index (χ2n) is 1.99. The molecular formula is C9H12O2. The minimum Gasteiger partial charge on any atom is -0.478 e. The quantitative estimate of drug-likeness (QED) is 0.495. The lowest BCUT2D eigenvalue weighted by atomic mass is 10.2. The maximum atomic E-state index is 10.4. The van der Waals surface area contributed by atoms with Gasteiger partial charge in [-0.15, -0.1) is 0 Å². The van der Waals surface area contributed by atoms with Crippen LogP contribution in [0.3, 0.4) is 0 Å². The zero-order valence-corrected chi connectivity index (χ0v) is 6.58. The average molecular weight is 152 g/mol. The Kier molecular flexibility index (Phi) is 4.82. The molecule has 0 aromatic carbocycles. The number of aliphatic carboxylic acids is 1. The first-order valence-corrected chi connectivity index (χ1v) is 3.38. The average Bonchev–Trinajstić information content (AvgIpc) is 1.97. The van der Waals surface area contributed by atoms with Crippen molar-refractivity contribution in [3.63, 3.8) is 0 Å². The Morgan fingerprint density at radius 1 is 1.64 bits per heavy atom. The Morgan fingerprint density at radius 3 is 2.64 bits per heavy atom. The first-order chi connectivity index (χ1) is 5.22. The second kappa shape index (κ2) is 5.47. The van der Waals surface area contributed by atoms with E-state index >= 15 is 0 Å². The van der Waals surface area contributed by atoms with E-state index in [1.165, 1.54) is 0 Å². The lowest BCUT2D eigenvalue weighted by Crippen LogP contribution is -1.98. The van der Waals surface area contributed by atoms with Gasteiger partial charge >= 0.3 is 5.97 Å². The van der Waals surface area contributed by atoms with Gasteiger partial charge in [0.25, 0.3) is 0 Å². The highest BCUT2D eigenvalue weighted by Crippen LogP contribution is 2.01. The van der Waals surface area contributed by atoms with Gasteiger partial charge in [-0.3, -0.25) is 0 Å². The van der Waals surface area contributed by atoms with Gasteiger partial charge in [0.2, 0.25) is 0 Å². The third-order valence-electron chi connectivity index (χ3n) is 1.23. The fraction of sp³-hybridized carbons (Fsp3) is 0.222. The summed E-state index contributed by atoms with van der Waals surface area (Å²) in [5.74, 6) is -0.860. The van der Waals surface area contributed by atoms with Crippen molar-refractivity contribution in [2.75, 3.05) is 0 Å². The maximum absolute atomic E-state index is 10.4. The molecule has 0 aliphatic heterocycles. The molecule has 0 atom stereocenters. The van der Waals surface area contributed by atoms with Crippen LogP contribution in [-0.4, -0.2) is 11.1 Å². The van der Waals surface area contributed by atoms with Crippen molar-refractivity contribution in [3.8, 4) is 0 Å². The standard InChI is InChI=1S/C9H12O2/c1-3-5-6-7-8(4-2)9(10)11/h3-6H,1,7H2,2H3,(H,10,11)/b6-5+,8-4?. The molecule has 11 heavy (non-hydrogen) atoms. The Morgan fingerprint density at radius 2 is 2.27 bits per heavy atom. The molecular weight excluding hydrogens is 140 g/mol. The molecule has 1 N–H and O–H groups in total. The molecule has 0 aliphatic rings. The monoisotopic (exact) mass is 152 g/mol. The predicted octanol–water partition coefficient (Wildman–Crippen LogP) is 2.15. The van der Waals surface area contributed by atoms with E-state index in [0.717, 1.165) is 0 Å². The minimum absolute atomic E-state index is 0.406. The lowest BCUT2D eigenvalue weighted by Gasteiger charge is -1.93. The molecule has 0 amide bonds. The molecule has 0 aromatic heterocycles. The second-order valence-corrected chi connectivity index (χ2v) is 1.99. The highest BCUT2D eigenvalue weighted by atomic mass is 16.4. The van der Waals surface area contributed by atoms with Crippen molar-refractivity contribution >= 4 is 5.97 Å². The molecule has 0 fully saturated rings. The van der Waals surface area contributed by atoms with Crippen molar-refractivity contribution in [2.45, 2.75) is 13.3 Å². The van der Waals surface area contributed by atoms with Crippen LogP contribution in [0.1, 0.15) is 13.3 Å². The van der Waals surface area contributed by atoms with Gasteiger partial charge in [-0.25, -0.2) is 4.79 Å². The van der Waals surface area contributed by atoms with Crippen LogP contribution in [0.2, 0.25) is 0 Å². The zero-order chi connectivity index (χ0) is 8.69. The molecule has 0 radical (unpaired) electrons. The van der Waals surface area contributed by atoms with Crippen molar-refractivity contribution < 1.29 is 9.90 Å². The Balaban J connectivity index is 4.01. The van der Waals surface area contributed by atoms with E-state index in [9.17, 15) is 4.79 Å². The van der Waals surface area contributed by atoms with Crippen LogP contribution >= 0.6 is 0 Å². The van der Waals surface area contributed by atoms with E-state index in [4.69, 9.17) is 5.11 Å². The molecule has 0 spiro atoms. The largest absolute Gasteiger partial charge is 0.478 e. The highest BCUT2D eigenvalue weighted by molar-refractivity contribution is 5.86. The maximum Gasteiger partial charge on any atom is 0.331 e. The van der Waals surface area contributed by atoms with Crippen molar-refractivity contribution in [1.29, 1.82) is 0 Å². The van der Waals surface area contributed by atoms with Gasteiger partial charge < -0.3 is 5.11 Å². The van der Waals surface area contributed by atoms with E-state index in [0.29, 0.717) is 12.0 Å². The van der Waals surface area contributed by atoms with Crippen LogP contribution in [0.15, 0.2) is 36.5 Å². The molecule has 2 heteroatoms. The van der Waals surface area contributed by atoms with Gasteiger partial charge in [-0.05, 0) is 13.3 Å². The molecule has 0 heterocycles. The molecule has 0 unspecified atom stereocenters. The SMILES string of the molecule is C=C/C=C/CC(=CC)C(=O)O. The fourth-order valence-electron chi connectivity index (χ4n) is 0.620. The summed E-state index contributed by atoms with van der Waals surface area (Å²) in [5, 5.41) is 8.54. The topological polar surface area (TPSA) is 37.3 Å². The van der Waals surface area contributed by atoms with Crippen LogP contribution in [0.4, 0.5) is 0 Å². The first kappa shape index (κ1) is 9.69. The van der Waals surface area contributed by atoms with Crippen LogP contribution < -0.4 is 0 Å². The third kappa shape index (κ3) is 4.14. The molecule has 0 bridgehead atoms. The molecule has 0 aliphatic carbocycles. The molecule has 2 nitrogen and oxygen atoms in total. The van der Waals surface area contributed by atoms with Crippen molar-refractivity contribution in [3.05, 3.63) is 36.5 Å². The number of rotatable bonds is 4. The van der Waals surface area contributed by atoms with E-state index in [1.807, 2.05) is 0 Å². The van der Waals surface area contributed by atoms with Gasteiger partial charge in [0.15, 0.2) is 0 Å². The van der Waals surface area contributed by atoms with Gasteiger partial charge in [0.05, 0.1) is 0 Å². The first-order valence-electron chi connectivity index (χ1n) is 3.38. The number of hydrogen-bond acceptors (Lipinski definition) is 1. The van der Waals surface area contributed by atoms with Gasteiger partial charge in [0, 0.05) is 5.57 Å². The van der Waals surface area contributed by atoms with Gasteiger partial charge in [-0.1, -0.05) is 30.9 Å². The van der Waals surface area contributed by atoms with Crippen LogP contribution in [0.25, 0.3) is 0 Å². The number of carbonyl (C=O) groups is 1. The lowest BCUT2D eigenvalue weighted by molar-refractivity contribution is -0.132. The van der Waals surface area contributed by atoms with Crippen LogP contribution in [0.5, 0.6) is 0 Å². The molecule has 0 aromatic rings. The van der Waals surface area contributed by atoms with Gasteiger partial charge in [0.1, 0.15) is 0 Å². The van der Waals surface area contributed by atoms with E-state index in [1.54, 1.807) is 31.2 Å². The number of allylic oxidation sites excluding steroid dienone is 4. The minimum atomic E-state index is -0.860. The predicted molar refractivity (Wildman–Crippen MR) is 45.3 cm³/mol. The summed E-state index contributed by atoms with van der Waals surface area (Å²) in [4.78, 5) is 10.4. The van der Waals surface area contributed by atoms with Crippen LogP contribution in [0, 0.1) is 0 Å². The van der Waals surface area contributed by atoms with Gasteiger partial charge in [-0.2, -0.15) is 0 Å². The summed E-state index contributed by atoms with van der Waals surface area (Å²) < 4.78 is 0. The summed E-state index contributed by atoms with van der Waals surface area (Å²) >= 11 is 0. The smallest absolute Gasteiger partial charge is 0.331 e. The Bertz CT molecular complexity index is 200. The Labute approximate surface area is 66.5 Å². The molecule has 60 valence electrons. The van der Waals surface area contributed by atoms with E-state index in [2.05, 4.69) is 6.58 Å². The number of carboxylic acid groups (broad SMARTS) is 1. The third-order valence-corrected chi connectivity index (χ3v) is 1.23. The fourth-order valence-corrected chi connectivity index (χ4v) is 0.620. The van der Waals surface area contributed by atoms with E-state index < -0.39 is 5.97 Å². The molecule has 0 saturated carbocycles. The Hall–Kier alpha value is -1.31. The summed E-state index contributed by atoms with van der Waals surface area (Å²) in [6.45, 7) is 5.19.